The van der Waals surface area contributed by atoms with Gasteiger partial charge in [-0.05, 0) is 44.4 Å². The van der Waals surface area contributed by atoms with Crippen molar-refractivity contribution in [2.75, 3.05) is 23.3 Å². The standard InChI is InChI=1S/C22H24N4O3/c1-15(23-18-10-4-3-8-17(18)22(28)29)16-9-7-13-26-20(27)14-19(24-21(16)26)25-11-5-2-6-12-25/h3-4,7-10,13-15,23H,2,5-6,11-12H2,1H3,(H,28,29)/t15-/m1/s1. The van der Waals surface area contributed by atoms with Crippen molar-refractivity contribution in [3.8, 4) is 0 Å². The first-order chi connectivity index (χ1) is 14.0. The molecule has 1 atom stereocenters. The second-order valence-electron chi connectivity index (χ2n) is 7.37. The first kappa shape index (κ1) is 19.0. The predicted molar refractivity (Wildman–Crippen MR) is 113 cm³/mol. The Morgan fingerprint density at radius 2 is 1.90 bits per heavy atom. The third-order valence-electron chi connectivity index (χ3n) is 5.38. The normalized spacial score (nSPS) is 15.3. The van der Waals surface area contributed by atoms with E-state index >= 15 is 0 Å². The summed E-state index contributed by atoms with van der Waals surface area (Å²) in [6.07, 6.45) is 5.13. The number of rotatable bonds is 5. The molecule has 1 aromatic carbocycles. The molecule has 2 aromatic heterocycles. The number of hydrogen-bond acceptors (Lipinski definition) is 5. The monoisotopic (exact) mass is 392 g/mol. The zero-order valence-corrected chi connectivity index (χ0v) is 16.3. The molecule has 0 saturated carbocycles. The Kier molecular flexibility index (Phi) is 5.20. The third-order valence-corrected chi connectivity index (χ3v) is 5.38. The van der Waals surface area contributed by atoms with E-state index in [1.807, 2.05) is 19.1 Å². The van der Waals surface area contributed by atoms with Gasteiger partial charge in [0.15, 0.2) is 0 Å². The van der Waals surface area contributed by atoms with Gasteiger partial charge in [-0.3, -0.25) is 9.20 Å². The second kappa shape index (κ2) is 7.95. The largest absolute Gasteiger partial charge is 0.478 e. The summed E-state index contributed by atoms with van der Waals surface area (Å²) in [4.78, 5) is 31.2. The molecule has 7 heteroatoms. The number of carboxylic acids is 1. The number of para-hydroxylation sites is 1. The highest BCUT2D eigenvalue weighted by molar-refractivity contribution is 5.94. The molecule has 29 heavy (non-hydrogen) atoms. The maximum Gasteiger partial charge on any atom is 0.337 e. The lowest BCUT2D eigenvalue weighted by molar-refractivity contribution is 0.0698. The molecule has 7 nitrogen and oxygen atoms in total. The second-order valence-corrected chi connectivity index (χ2v) is 7.37. The number of piperidine rings is 1. The highest BCUT2D eigenvalue weighted by Gasteiger charge is 2.18. The van der Waals surface area contributed by atoms with Gasteiger partial charge in [-0.2, -0.15) is 0 Å². The SMILES string of the molecule is C[C@@H](Nc1ccccc1C(=O)O)c1cccn2c(=O)cc(N3CCCCC3)nc12. The lowest BCUT2D eigenvalue weighted by Gasteiger charge is -2.28. The van der Waals surface area contributed by atoms with Crippen LogP contribution in [-0.4, -0.2) is 33.6 Å². The Bertz CT molecular complexity index is 1100. The molecular weight excluding hydrogens is 368 g/mol. The van der Waals surface area contributed by atoms with Gasteiger partial charge in [0.05, 0.1) is 11.6 Å². The fraction of sp³-hybridized carbons (Fsp3) is 0.318. The zero-order valence-electron chi connectivity index (χ0n) is 16.3. The Morgan fingerprint density at radius 3 is 2.66 bits per heavy atom. The number of aromatic carboxylic acids is 1. The Morgan fingerprint density at radius 1 is 1.14 bits per heavy atom. The summed E-state index contributed by atoms with van der Waals surface area (Å²) in [5, 5.41) is 12.7. The number of fused-ring (bicyclic) bond motifs is 1. The van der Waals surface area contributed by atoms with Crippen molar-refractivity contribution in [1.29, 1.82) is 0 Å². The van der Waals surface area contributed by atoms with Gasteiger partial charge in [0.1, 0.15) is 11.5 Å². The van der Waals surface area contributed by atoms with E-state index in [9.17, 15) is 14.7 Å². The maximum absolute atomic E-state index is 12.7. The number of nitrogens with zero attached hydrogens (tertiary/aromatic N) is 3. The summed E-state index contributed by atoms with van der Waals surface area (Å²) >= 11 is 0. The predicted octanol–water partition coefficient (Wildman–Crippen LogP) is 3.56. The highest BCUT2D eigenvalue weighted by atomic mass is 16.4. The van der Waals surface area contributed by atoms with Crippen molar-refractivity contribution in [3.05, 3.63) is 70.1 Å². The van der Waals surface area contributed by atoms with Crippen LogP contribution in [0.1, 0.15) is 48.1 Å². The van der Waals surface area contributed by atoms with Crippen LogP contribution in [0.5, 0.6) is 0 Å². The van der Waals surface area contributed by atoms with Crippen LogP contribution in [0.2, 0.25) is 0 Å². The van der Waals surface area contributed by atoms with E-state index in [1.165, 1.54) is 6.42 Å². The summed E-state index contributed by atoms with van der Waals surface area (Å²) in [6, 6.07) is 11.9. The van der Waals surface area contributed by atoms with E-state index in [2.05, 4.69) is 10.2 Å². The van der Waals surface area contributed by atoms with Crippen molar-refractivity contribution in [2.24, 2.45) is 0 Å². The summed E-state index contributed by atoms with van der Waals surface area (Å²) in [7, 11) is 0. The van der Waals surface area contributed by atoms with Crippen molar-refractivity contribution >= 4 is 23.1 Å². The summed E-state index contributed by atoms with van der Waals surface area (Å²) < 4.78 is 1.55. The summed E-state index contributed by atoms with van der Waals surface area (Å²) in [5.41, 5.74) is 2.05. The summed E-state index contributed by atoms with van der Waals surface area (Å²) in [6.45, 7) is 3.75. The van der Waals surface area contributed by atoms with Gasteiger partial charge in [-0.15, -0.1) is 0 Å². The van der Waals surface area contributed by atoms with E-state index in [1.54, 1.807) is 40.9 Å². The molecular formula is C22H24N4O3. The first-order valence-electron chi connectivity index (χ1n) is 9.91. The van der Waals surface area contributed by atoms with Gasteiger partial charge in [0, 0.05) is 36.6 Å². The minimum absolute atomic E-state index is 0.115. The fourth-order valence-corrected chi connectivity index (χ4v) is 3.86. The minimum atomic E-state index is -0.986. The molecule has 3 aromatic rings. The molecule has 0 aliphatic carbocycles. The van der Waals surface area contributed by atoms with E-state index in [0.717, 1.165) is 31.5 Å². The third kappa shape index (κ3) is 3.81. The molecule has 3 heterocycles. The minimum Gasteiger partial charge on any atom is -0.478 e. The molecule has 1 saturated heterocycles. The summed E-state index contributed by atoms with van der Waals surface area (Å²) in [5.74, 6) is -0.278. The van der Waals surface area contributed by atoms with E-state index in [4.69, 9.17) is 4.98 Å². The first-order valence-corrected chi connectivity index (χ1v) is 9.91. The molecule has 1 aliphatic heterocycles. The van der Waals surface area contributed by atoms with Crippen LogP contribution < -0.4 is 15.8 Å². The van der Waals surface area contributed by atoms with Crippen LogP contribution in [-0.2, 0) is 0 Å². The van der Waals surface area contributed by atoms with Crippen LogP contribution in [0, 0.1) is 0 Å². The van der Waals surface area contributed by atoms with Crippen LogP contribution in [0.25, 0.3) is 5.65 Å². The molecule has 1 aliphatic rings. The lowest BCUT2D eigenvalue weighted by atomic mass is 10.1. The molecule has 0 bridgehead atoms. The highest BCUT2D eigenvalue weighted by Crippen LogP contribution is 2.25. The van der Waals surface area contributed by atoms with E-state index in [-0.39, 0.29) is 17.2 Å². The molecule has 0 amide bonds. The van der Waals surface area contributed by atoms with Crippen molar-refractivity contribution in [1.82, 2.24) is 9.38 Å². The van der Waals surface area contributed by atoms with Gasteiger partial charge in [0.25, 0.3) is 5.56 Å². The zero-order chi connectivity index (χ0) is 20.4. The van der Waals surface area contributed by atoms with Crippen molar-refractivity contribution in [3.63, 3.8) is 0 Å². The number of anilines is 2. The number of nitrogens with one attached hydrogen (secondary N) is 1. The van der Waals surface area contributed by atoms with Crippen LogP contribution >= 0.6 is 0 Å². The number of carboxylic acid groups (broad SMARTS) is 1. The molecule has 0 spiro atoms. The molecule has 0 radical (unpaired) electrons. The Hall–Kier alpha value is -3.35. The van der Waals surface area contributed by atoms with Gasteiger partial charge in [-0.1, -0.05) is 18.2 Å². The van der Waals surface area contributed by atoms with E-state index < -0.39 is 5.97 Å². The number of hydrogen-bond donors (Lipinski definition) is 2. The Labute approximate surface area is 168 Å². The van der Waals surface area contributed by atoms with E-state index in [0.29, 0.717) is 17.2 Å². The molecule has 4 rings (SSSR count). The molecule has 0 unspecified atom stereocenters. The van der Waals surface area contributed by atoms with Gasteiger partial charge >= 0.3 is 5.97 Å². The molecule has 2 N–H and O–H groups in total. The van der Waals surface area contributed by atoms with Gasteiger partial charge in [-0.25, -0.2) is 9.78 Å². The van der Waals surface area contributed by atoms with Crippen molar-refractivity contribution < 1.29 is 9.90 Å². The Balaban J connectivity index is 1.74. The number of pyridine rings is 1. The number of carbonyl (C=O) groups is 1. The topological polar surface area (TPSA) is 86.9 Å². The van der Waals surface area contributed by atoms with Crippen molar-refractivity contribution in [2.45, 2.75) is 32.2 Å². The van der Waals surface area contributed by atoms with Gasteiger partial charge < -0.3 is 15.3 Å². The lowest BCUT2D eigenvalue weighted by Crippen LogP contribution is -2.32. The maximum atomic E-state index is 12.7. The van der Waals surface area contributed by atoms with Crippen LogP contribution in [0.3, 0.4) is 0 Å². The average molecular weight is 392 g/mol. The fourth-order valence-electron chi connectivity index (χ4n) is 3.86. The van der Waals surface area contributed by atoms with Gasteiger partial charge in [0.2, 0.25) is 0 Å². The number of benzene rings is 1. The average Bonchev–Trinajstić information content (AvgIpc) is 2.74. The van der Waals surface area contributed by atoms with Crippen LogP contribution in [0.4, 0.5) is 11.5 Å². The smallest absolute Gasteiger partial charge is 0.337 e. The molecule has 150 valence electrons. The number of aromatic nitrogens is 2. The van der Waals surface area contributed by atoms with Crippen LogP contribution in [0.15, 0.2) is 53.5 Å². The molecule has 1 fully saturated rings. The quantitative estimate of drug-likeness (QED) is 0.690.